The van der Waals surface area contributed by atoms with Gasteiger partial charge in [-0.1, -0.05) is 88.8 Å². The number of carbonyl (C=O) groups excluding carboxylic acids is 2. The van der Waals surface area contributed by atoms with Crippen LogP contribution < -0.4 is 10.9 Å². The van der Waals surface area contributed by atoms with E-state index in [1.165, 1.54) is 57.8 Å². The van der Waals surface area contributed by atoms with Crippen molar-refractivity contribution in [1.29, 1.82) is 0 Å². The van der Waals surface area contributed by atoms with Crippen LogP contribution in [0.2, 0.25) is 0 Å². The molecule has 26 heavy (non-hydrogen) atoms. The highest BCUT2D eigenvalue weighted by molar-refractivity contribution is 5.95. The topological polar surface area (TPSA) is 58.2 Å². The fourth-order valence-electron chi connectivity index (χ4n) is 3.00. The number of hydrogen-bond donors (Lipinski definition) is 2. The fourth-order valence-corrected chi connectivity index (χ4v) is 3.00. The highest BCUT2D eigenvalue weighted by Gasteiger charge is 2.07. The number of hydrogen-bond acceptors (Lipinski definition) is 2. The summed E-state index contributed by atoms with van der Waals surface area (Å²) in [6.07, 6.45) is 14.3. The lowest BCUT2D eigenvalue weighted by atomic mass is 10.1. The van der Waals surface area contributed by atoms with Crippen molar-refractivity contribution in [2.45, 2.75) is 90.9 Å². The highest BCUT2D eigenvalue weighted by atomic mass is 16.2. The Morgan fingerprint density at radius 1 is 0.808 bits per heavy atom. The van der Waals surface area contributed by atoms with E-state index in [0.717, 1.165) is 18.4 Å². The Bertz CT molecular complexity index is 529. The first kappa shape index (κ1) is 22.2. The molecule has 0 saturated carbocycles. The second kappa shape index (κ2) is 14.3. The molecule has 0 spiro atoms. The molecule has 1 aromatic rings. The molecule has 4 nitrogen and oxygen atoms in total. The van der Waals surface area contributed by atoms with E-state index in [4.69, 9.17) is 0 Å². The molecule has 0 aliphatic carbocycles. The van der Waals surface area contributed by atoms with Gasteiger partial charge < -0.3 is 0 Å². The first-order chi connectivity index (χ1) is 12.6. The number of unbranched alkanes of at least 4 members (excludes halogenated alkanes) is 10. The van der Waals surface area contributed by atoms with E-state index >= 15 is 0 Å². The molecular formula is C22H36N2O2. The molecule has 0 atom stereocenters. The van der Waals surface area contributed by atoms with Crippen LogP contribution in [0.5, 0.6) is 0 Å². The molecule has 146 valence electrons. The van der Waals surface area contributed by atoms with Crippen LogP contribution in [0, 0.1) is 6.92 Å². The molecule has 1 rings (SSSR count). The Balaban J connectivity index is 1.96. The number of amides is 2. The van der Waals surface area contributed by atoms with Gasteiger partial charge in [0, 0.05) is 12.0 Å². The van der Waals surface area contributed by atoms with Crippen molar-refractivity contribution < 1.29 is 9.59 Å². The predicted molar refractivity (Wildman–Crippen MR) is 108 cm³/mol. The summed E-state index contributed by atoms with van der Waals surface area (Å²) in [5.41, 5.74) is 6.55. The summed E-state index contributed by atoms with van der Waals surface area (Å²) in [6, 6.07) is 7.29. The summed E-state index contributed by atoms with van der Waals surface area (Å²) in [6.45, 7) is 4.18. The van der Waals surface area contributed by atoms with Crippen LogP contribution in [0.3, 0.4) is 0 Å². The van der Waals surface area contributed by atoms with Gasteiger partial charge in [-0.3, -0.25) is 20.4 Å². The number of rotatable bonds is 13. The third kappa shape index (κ3) is 10.9. The zero-order chi connectivity index (χ0) is 19.0. The number of aryl methyl sites for hydroxylation is 1. The maximum Gasteiger partial charge on any atom is 0.269 e. The van der Waals surface area contributed by atoms with E-state index in [0.29, 0.717) is 12.0 Å². The van der Waals surface area contributed by atoms with Crippen molar-refractivity contribution in [3.05, 3.63) is 35.4 Å². The van der Waals surface area contributed by atoms with E-state index in [1.807, 2.05) is 19.1 Å². The molecule has 0 aromatic heterocycles. The average molecular weight is 361 g/mol. The zero-order valence-corrected chi connectivity index (χ0v) is 16.6. The Kier molecular flexibility index (Phi) is 12.2. The second-order valence-electron chi connectivity index (χ2n) is 7.16. The van der Waals surface area contributed by atoms with Gasteiger partial charge in [-0.25, -0.2) is 0 Å². The number of benzene rings is 1. The van der Waals surface area contributed by atoms with Crippen molar-refractivity contribution in [3.63, 3.8) is 0 Å². The number of nitrogens with one attached hydrogen (secondary N) is 2. The van der Waals surface area contributed by atoms with Crippen LogP contribution >= 0.6 is 0 Å². The van der Waals surface area contributed by atoms with Crippen molar-refractivity contribution in [2.75, 3.05) is 0 Å². The molecule has 4 heteroatoms. The van der Waals surface area contributed by atoms with Crippen LogP contribution in [-0.2, 0) is 4.79 Å². The monoisotopic (exact) mass is 360 g/mol. The third-order valence-corrected chi connectivity index (χ3v) is 4.60. The first-order valence-electron chi connectivity index (χ1n) is 10.3. The largest absolute Gasteiger partial charge is 0.273 e. The Morgan fingerprint density at radius 3 is 1.96 bits per heavy atom. The van der Waals surface area contributed by atoms with Crippen LogP contribution in [-0.4, -0.2) is 11.8 Å². The van der Waals surface area contributed by atoms with Crippen LogP contribution in [0.1, 0.15) is 99.9 Å². The first-order valence-corrected chi connectivity index (χ1v) is 10.3. The molecule has 0 aliphatic rings. The van der Waals surface area contributed by atoms with Gasteiger partial charge in [-0.2, -0.15) is 0 Å². The van der Waals surface area contributed by atoms with Gasteiger partial charge in [0.2, 0.25) is 5.91 Å². The quantitative estimate of drug-likeness (QED) is 0.362. The maximum absolute atomic E-state index is 11.9. The van der Waals surface area contributed by atoms with Gasteiger partial charge in [0.1, 0.15) is 0 Å². The zero-order valence-electron chi connectivity index (χ0n) is 16.6. The molecule has 0 fully saturated rings. The Morgan fingerprint density at radius 2 is 1.38 bits per heavy atom. The molecular weight excluding hydrogens is 324 g/mol. The number of hydrazine groups is 1. The normalized spacial score (nSPS) is 10.5. The van der Waals surface area contributed by atoms with E-state index in [-0.39, 0.29) is 11.8 Å². The number of carbonyl (C=O) groups is 2. The van der Waals surface area contributed by atoms with Crippen LogP contribution in [0.15, 0.2) is 24.3 Å². The van der Waals surface area contributed by atoms with Crippen molar-refractivity contribution in [3.8, 4) is 0 Å². The predicted octanol–water partition coefficient (Wildman–Crippen LogP) is 5.46. The minimum atomic E-state index is -0.277. The molecule has 0 saturated heterocycles. The molecule has 0 aliphatic heterocycles. The van der Waals surface area contributed by atoms with Gasteiger partial charge in [0.25, 0.3) is 5.91 Å². The van der Waals surface area contributed by atoms with Gasteiger partial charge in [-0.05, 0) is 25.5 Å². The van der Waals surface area contributed by atoms with Crippen molar-refractivity contribution in [2.24, 2.45) is 0 Å². The van der Waals surface area contributed by atoms with Crippen LogP contribution in [0.4, 0.5) is 0 Å². The summed E-state index contributed by atoms with van der Waals surface area (Å²) < 4.78 is 0. The van der Waals surface area contributed by atoms with Gasteiger partial charge >= 0.3 is 0 Å². The highest BCUT2D eigenvalue weighted by Crippen LogP contribution is 2.11. The maximum atomic E-state index is 11.9. The molecule has 0 unspecified atom stereocenters. The SMILES string of the molecule is CCCCCCCCCCCCCC(=O)NNC(=O)c1cccc(C)c1. The van der Waals surface area contributed by atoms with E-state index in [1.54, 1.807) is 12.1 Å². The molecule has 0 radical (unpaired) electrons. The molecule has 0 bridgehead atoms. The van der Waals surface area contributed by atoms with E-state index < -0.39 is 0 Å². The van der Waals surface area contributed by atoms with E-state index in [2.05, 4.69) is 17.8 Å². The lowest BCUT2D eigenvalue weighted by Crippen LogP contribution is -2.41. The lowest BCUT2D eigenvalue weighted by molar-refractivity contribution is -0.122. The van der Waals surface area contributed by atoms with Crippen molar-refractivity contribution >= 4 is 11.8 Å². The standard InChI is InChI=1S/C22H36N2O2/c1-3-4-5-6-7-8-9-10-11-12-13-17-21(25)23-24-22(26)20-16-14-15-19(2)18-20/h14-16,18H,3-13,17H2,1-2H3,(H,23,25)(H,24,26). The Hall–Kier alpha value is -1.84. The second-order valence-corrected chi connectivity index (χ2v) is 7.16. The smallest absolute Gasteiger partial charge is 0.269 e. The minimum Gasteiger partial charge on any atom is -0.273 e. The Labute approximate surface area is 159 Å². The molecule has 0 heterocycles. The summed E-state index contributed by atoms with van der Waals surface area (Å²) >= 11 is 0. The summed E-state index contributed by atoms with van der Waals surface area (Å²) in [5, 5.41) is 0. The van der Waals surface area contributed by atoms with Gasteiger partial charge in [-0.15, -0.1) is 0 Å². The van der Waals surface area contributed by atoms with Crippen molar-refractivity contribution in [1.82, 2.24) is 10.9 Å². The van der Waals surface area contributed by atoms with Crippen LogP contribution in [0.25, 0.3) is 0 Å². The summed E-state index contributed by atoms with van der Waals surface area (Å²) in [7, 11) is 0. The summed E-state index contributed by atoms with van der Waals surface area (Å²) in [4.78, 5) is 23.7. The van der Waals surface area contributed by atoms with Gasteiger partial charge in [0.15, 0.2) is 0 Å². The fraction of sp³-hybridized carbons (Fsp3) is 0.636. The summed E-state index contributed by atoms with van der Waals surface area (Å²) in [5.74, 6) is -0.400. The van der Waals surface area contributed by atoms with E-state index in [9.17, 15) is 9.59 Å². The molecule has 2 N–H and O–H groups in total. The third-order valence-electron chi connectivity index (χ3n) is 4.60. The molecule has 1 aromatic carbocycles. The lowest BCUT2D eigenvalue weighted by Gasteiger charge is -2.08. The van der Waals surface area contributed by atoms with Gasteiger partial charge in [0.05, 0.1) is 0 Å². The molecule has 2 amide bonds. The average Bonchev–Trinajstić information content (AvgIpc) is 2.64. The minimum absolute atomic E-state index is 0.123.